The summed E-state index contributed by atoms with van der Waals surface area (Å²) in [4.78, 5) is 0. The van der Waals surface area contributed by atoms with Crippen molar-refractivity contribution in [1.82, 2.24) is 0 Å². The molecule has 1 aliphatic rings. The van der Waals surface area contributed by atoms with E-state index in [1.54, 1.807) is 0 Å². The molecule has 0 aromatic rings. The molecule has 1 fully saturated rings. The average molecular weight is 104 g/mol. The highest BCUT2D eigenvalue weighted by molar-refractivity contribution is 4.65. The van der Waals surface area contributed by atoms with Crippen LogP contribution in [0.5, 0.6) is 0 Å². The molecule has 0 spiro atoms. The number of rotatable bonds is 0. The standard InChI is InChI=1S/C5H10FN/c1-4-5(6)2-3-7-4/h4-5,7H,2-3H2,1H3/p+1. The molecule has 1 saturated heterocycles. The Morgan fingerprint density at radius 3 is 2.57 bits per heavy atom. The lowest BCUT2D eigenvalue weighted by atomic mass is 10.2. The molecule has 0 amide bonds. The molecule has 2 heteroatoms. The molecule has 2 N–H and O–H groups in total. The van der Waals surface area contributed by atoms with Crippen LogP contribution >= 0.6 is 0 Å². The van der Waals surface area contributed by atoms with Crippen molar-refractivity contribution in [3.63, 3.8) is 0 Å². The number of alkyl halides is 1. The van der Waals surface area contributed by atoms with Gasteiger partial charge in [0.25, 0.3) is 0 Å². The van der Waals surface area contributed by atoms with Gasteiger partial charge in [-0.2, -0.15) is 0 Å². The first kappa shape index (κ1) is 5.04. The van der Waals surface area contributed by atoms with E-state index in [4.69, 9.17) is 0 Å². The number of nitrogens with two attached hydrogens (primary N) is 1. The number of halogens is 1. The van der Waals surface area contributed by atoms with Gasteiger partial charge in [0.2, 0.25) is 0 Å². The van der Waals surface area contributed by atoms with Crippen LogP contribution in [0.3, 0.4) is 0 Å². The summed E-state index contributed by atoms with van der Waals surface area (Å²) in [7, 11) is 0. The Labute approximate surface area is 42.9 Å². The maximum atomic E-state index is 12.3. The van der Waals surface area contributed by atoms with Crippen molar-refractivity contribution in [3.8, 4) is 0 Å². The zero-order valence-electron chi connectivity index (χ0n) is 4.52. The Morgan fingerprint density at radius 2 is 2.43 bits per heavy atom. The van der Waals surface area contributed by atoms with Gasteiger partial charge in [0.15, 0.2) is 6.17 Å². The third-order valence-corrected chi connectivity index (χ3v) is 1.55. The van der Waals surface area contributed by atoms with E-state index in [1.165, 1.54) is 0 Å². The Balaban J connectivity index is 2.33. The van der Waals surface area contributed by atoms with Crippen LogP contribution in [0.1, 0.15) is 13.3 Å². The second-order valence-corrected chi connectivity index (χ2v) is 2.19. The maximum absolute atomic E-state index is 12.3. The molecular weight excluding hydrogens is 93.1 g/mol. The van der Waals surface area contributed by atoms with E-state index in [1.807, 2.05) is 12.2 Å². The quantitative estimate of drug-likeness (QED) is 0.434. The summed E-state index contributed by atoms with van der Waals surface area (Å²) in [6, 6.07) is 0.222. The van der Waals surface area contributed by atoms with Crippen molar-refractivity contribution < 1.29 is 9.71 Å². The molecule has 0 saturated carbocycles. The third kappa shape index (κ3) is 0.911. The average Bonchev–Trinajstić information content (AvgIpc) is 1.91. The van der Waals surface area contributed by atoms with Gasteiger partial charge < -0.3 is 5.32 Å². The zero-order valence-corrected chi connectivity index (χ0v) is 4.52. The van der Waals surface area contributed by atoms with E-state index in [0.717, 1.165) is 13.0 Å². The minimum atomic E-state index is -0.542. The van der Waals surface area contributed by atoms with Crippen LogP contribution in [0.2, 0.25) is 0 Å². The molecule has 7 heavy (non-hydrogen) atoms. The van der Waals surface area contributed by atoms with Crippen LogP contribution in [0.25, 0.3) is 0 Å². The molecular formula is C5H11FN+. The Hall–Kier alpha value is -0.110. The third-order valence-electron chi connectivity index (χ3n) is 1.55. The Kier molecular flexibility index (Phi) is 1.28. The van der Waals surface area contributed by atoms with Gasteiger partial charge in [-0.15, -0.1) is 0 Å². The fourth-order valence-electron chi connectivity index (χ4n) is 0.929. The molecule has 0 radical (unpaired) electrons. The molecule has 1 aliphatic heterocycles. The molecule has 0 bridgehead atoms. The number of hydrogen-bond acceptors (Lipinski definition) is 0. The van der Waals surface area contributed by atoms with Gasteiger partial charge >= 0.3 is 0 Å². The minimum absolute atomic E-state index is 0.222. The van der Waals surface area contributed by atoms with Crippen molar-refractivity contribution in [2.24, 2.45) is 0 Å². The van der Waals surface area contributed by atoms with Gasteiger partial charge in [0, 0.05) is 6.42 Å². The van der Waals surface area contributed by atoms with Crippen LogP contribution < -0.4 is 5.32 Å². The predicted octanol–water partition coefficient (Wildman–Crippen LogP) is -0.320. The van der Waals surface area contributed by atoms with Crippen molar-refractivity contribution in [2.45, 2.75) is 25.6 Å². The molecule has 1 nitrogen and oxygen atoms in total. The van der Waals surface area contributed by atoms with Crippen LogP contribution in [0, 0.1) is 0 Å². The summed E-state index contributed by atoms with van der Waals surface area (Å²) in [5.74, 6) is 0. The van der Waals surface area contributed by atoms with E-state index in [-0.39, 0.29) is 6.04 Å². The van der Waals surface area contributed by atoms with Gasteiger partial charge in [-0.1, -0.05) is 0 Å². The van der Waals surface area contributed by atoms with Gasteiger partial charge in [-0.25, -0.2) is 4.39 Å². The van der Waals surface area contributed by atoms with Gasteiger partial charge in [-0.3, -0.25) is 0 Å². The van der Waals surface area contributed by atoms with E-state index < -0.39 is 6.17 Å². The van der Waals surface area contributed by atoms with Gasteiger partial charge in [0.05, 0.1) is 6.54 Å². The lowest BCUT2D eigenvalue weighted by Crippen LogP contribution is -2.86. The summed E-state index contributed by atoms with van der Waals surface area (Å²) >= 11 is 0. The summed E-state index contributed by atoms with van der Waals surface area (Å²) in [6.07, 6.45) is 0.209. The smallest absolute Gasteiger partial charge is 0.156 e. The van der Waals surface area contributed by atoms with E-state index in [0.29, 0.717) is 0 Å². The highest BCUT2D eigenvalue weighted by Gasteiger charge is 2.25. The van der Waals surface area contributed by atoms with E-state index in [9.17, 15) is 4.39 Å². The summed E-state index contributed by atoms with van der Waals surface area (Å²) in [6.45, 7) is 2.90. The molecule has 0 aromatic heterocycles. The second-order valence-electron chi connectivity index (χ2n) is 2.19. The van der Waals surface area contributed by atoms with E-state index in [2.05, 4.69) is 0 Å². The summed E-state index contributed by atoms with van der Waals surface area (Å²) < 4.78 is 12.3. The van der Waals surface area contributed by atoms with Crippen molar-refractivity contribution in [3.05, 3.63) is 0 Å². The number of hydrogen-bond donors (Lipinski definition) is 1. The van der Waals surface area contributed by atoms with Crippen molar-refractivity contribution in [1.29, 1.82) is 0 Å². The molecule has 0 aliphatic carbocycles. The number of quaternary nitrogens is 1. The van der Waals surface area contributed by atoms with Crippen molar-refractivity contribution in [2.75, 3.05) is 6.54 Å². The lowest BCUT2D eigenvalue weighted by molar-refractivity contribution is -0.669. The molecule has 1 heterocycles. The van der Waals surface area contributed by atoms with Crippen LogP contribution in [0.4, 0.5) is 4.39 Å². The van der Waals surface area contributed by atoms with Crippen LogP contribution in [0.15, 0.2) is 0 Å². The molecule has 1 rings (SSSR count). The normalized spacial score (nSPS) is 42.0. The topological polar surface area (TPSA) is 16.6 Å². The Bertz CT molecular complexity index is 57.1. The predicted molar refractivity (Wildman–Crippen MR) is 25.8 cm³/mol. The lowest BCUT2D eigenvalue weighted by Gasteiger charge is -1.98. The van der Waals surface area contributed by atoms with Crippen LogP contribution in [-0.4, -0.2) is 18.8 Å². The minimum Gasteiger partial charge on any atom is -0.342 e. The first-order valence-electron chi connectivity index (χ1n) is 2.78. The second kappa shape index (κ2) is 1.78. The fourth-order valence-corrected chi connectivity index (χ4v) is 0.929. The van der Waals surface area contributed by atoms with Gasteiger partial charge in [0.1, 0.15) is 6.04 Å². The zero-order chi connectivity index (χ0) is 5.28. The molecule has 2 atom stereocenters. The fraction of sp³-hybridized carbons (Fsp3) is 1.00. The van der Waals surface area contributed by atoms with Crippen LogP contribution in [-0.2, 0) is 0 Å². The molecule has 0 aromatic carbocycles. The monoisotopic (exact) mass is 104 g/mol. The molecule has 42 valence electrons. The van der Waals surface area contributed by atoms with Crippen molar-refractivity contribution >= 4 is 0 Å². The van der Waals surface area contributed by atoms with E-state index >= 15 is 0 Å². The Morgan fingerprint density at radius 1 is 1.71 bits per heavy atom. The largest absolute Gasteiger partial charge is 0.342 e. The SMILES string of the molecule is CC1[NH2+]CCC1F. The highest BCUT2D eigenvalue weighted by Crippen LogP contribution is 2.02. The van der Waals surface area contributed by atoms with Gasteiger partial charge in [-0.05, 0) is 6.92 Å². The first-order valence-corrected chi connectivity index (χ1v) is 2.78. The summed E-state index contributed by atoms with van der Waals surface area (Å²) in [5.41, 5.74) is 0. The maximum Gasteiger partial charge on any atom is 0.156 e. The molecule has 2 unspecified atom stereocenters. The summed E-state index contributed by atoms with van der Waals surface area (Å²) in [5, 5.41) is 2.05. The first-order chi connectivity index (χ1) is 3.30. The highest BCUT2D eigenvalue weighted by atomic mass is 19.1.